The molecular weight excluding hydrogens is 515 g/mol. The van der Waals surface area contributed by atoms with Crippen LogP contribution in [0.3, 0.4) is 0 Å². The van der Waals surface area contributed by atoms with Gasteiger partial charge in [0.1, 0.15) is 17.2 Å². The molecule has 0 aromatic carbocycles. The van der Waals surface area contributed by atoms with E-state index in [4.69, 9.17) is 4.52 Å². The standard InChI is InChI=1S/C30H55N2O6P/c1-25(33)23-31-16-8-9-27(21-29(35)10-6-5-7-20-38-39(3,4)37)11-17-32(24-26(2)34)19-13-28(12-18-31)22-30(36)14-15-30/h14-15,27-29,35-36H,5-13,16-24H2,1-4H3/t27-,28?,29?/m0/s1. The second kappa shape index (κ2) is 17.2. The lowest BCUT2D eigenvalue weighted by molar-refractivity contribution is -0.119. The molecule has 0 spiro atoms. The van der Waals surface area contributed by atoms with Crippen molar-refractivity contribution < 1.29 is 28.9 Å². The number of carbonyl (C=O) groups excluding carboxylic acids is 2. The Balaban J connectivity index is 1.95. The van der Waals surface area contributed by atoms with Gasteiger partial charge in [0.05, 0.1) is 25.8 Å². The van der Waals surface area contributed by atoms with Gasteiger partial charge in [0.25, 0.3) is 0 Å². The number of hydrogen-bond donors (Lipinski definition) is 2. The van der Waals surface area contributed by atoms with Gasteiger partial charge >= 0.3 is 0 Å². The van der Waals surface area contributed by atoms with Crippen LogP contribution in [0.2, 0.25) is 0 Å². The van der Waals surface area contributed by atoms with E-state index in [9.17, 15) is 24.4 Å². The van der Waals surface area contributed by atoms with E-state index in [2.05, 4.69) is 9.80 Å². The molecule has 1 heterocycles. The number of aliphatic hydroxyl groups excluding tert-OH is 1. The van der Waals surface area contributed by atoms with Crippen LogP contribution in [-0.2, 0) is 18.7 Å². The van der Waals surface area contributed by atoms with E-state index in [0.29, 0.717) is 38.0 Å². The molecule has 0 bridgehead atoms. The molecule has 1 saturated heterocycles. The first-order chi connectivity index (χ1) is 18.3. The highest BCUT2D eigenvalue weighted by Crippen LogP contribution is 2.37. The van der Waals surface area contributed by atoms with E-state index < -0.39 is 13.0 Å². The number of unbranched alkanes of at least 4 members (excludes halogenated alkanes) is 2. The maximum Gasteiger partial charge on any atom is 0.197 e. The smallest absolute Gasteiger partial charge is 0.197 e. The Labute approximate surface area is 237 Å². The van der Waals surface area contributed by atoms with Crippen molar-refractivity contribution in [3.05, 3.63) is 12.2 Å². The van der Waals surface area contributed by atoms with Gasteiger partial charge in [-0.3, -0.25) is 24.0 Å². The van der Waals surface area contributed by atoms with Crippen molar-refractivity contribution in [3.63, 3.8) is 0 Å². The van der Waals surface area contributed by atoms with Crippen molar-refractivity contribution in [3.8, 4) is 0 Å². The lowest BCUT2D eigenvalue weighted by Gasteiger charge is -2.28. The summed E-state index contributed by atoms with van der Waals surface area (Å²) in [6, 6.07) is 0. The van der Waals surface area contributed by atoms with Gasteiger partial charge in [-0.05, 0) is 110 Å². The lowest BCUT2D eigenvalue weighted by Crippen LogP contribution is -2.34. The molecule has 9 heteroatoms. The molecule has 39 heavy (non-hydrogen) atoms. The first kappa shape index (κ1) is 34.3. The first-order valence-corrected chi connectivity index (χ1v) is 17.6. The quantitative estimate of drug-likeness (QED) is 0.168. The summed E-state index contributed by atoms with van der Waals surface area (Å²) in [5.74, 6) is 1.01. The number of hydrogen-bond acceptors (Lipinski definition) is 8. The van der Waals surface area contributed by atoms with Crippen LogP contribution in [0.1, 0.15) is 84.5 Å². The summed E-state index contributed by atoms with van der Waals surface area (Å²) in [4.78, 5) is 28.5. The Morgan fingerprint density at radius 1 is 0.923 bits per heavy atom. The highest BCUT2D eigenvalue weighted by atomic mass is 31.2. The van der Waals surface area contributed by atoms with Gasteiger partial charge < -0.3 is 14.7 Å². The maximum atomic E-state index is 12.0. The lowest BCUT2D eigenvalue weighted by atomic mass is 9.90. The number of rotatable bonds is 15. The molecule has 0 aromatic rings. The molecule has 226 valence electrons. The van der Waals surface area contributed by atoms with Crippen LogP contribution < -0.4 is 0 Å². The van der Waals surface area contributed by atoms with E-state index in [0.717, 1.165) is 90.4 Å². The van der Waals surface area contributed by atoms with Gasteiger partial charge in [-0.1, -0.05) is 25.0 Å². The summed E-state index contributed by atoms with van der Waals surface area (Å²) in [5, 5.41) is 21.3. The molecule has 2 rings (SSSR count). The molecular formula is C30H55N2O6P. The molecule has 3 atom stereocenters. The monoisotopic (exact) mass is 570 g/mol. The van der Waals surface area contributed by atoms with Crippen molar-refractivity contribution >= 4 is 18.9 Å². The topological polar surface area (TPSA) is 107 Å². The number of ketones is 2. The Hall–Kier alpha value is -0.890. The van der Waals surface area contributed by atoms with Crippen molar-refractivity contribution in [2.24, 2.45) is 11.8 Å². The Kier molecular flexibility index (Phi) is 15.1. The van der Waals surface area contributed by atoms with Crippen LogP contribution in [0.4, 0.5) is 0 Å². The molecule has 1 aliphatic heterocycles. The normalized spacial score (nSPS) is 24.4. The van der Waals surface area contributed by atoms with Crippen LogP contribution in [0.5, 0.6) is 0 Å². The minimum Gasteiger partial charge on any atom is -0.393 e. The SMILES string of the molecule is CC(=O)CN1CCC[C@H](CC(O)CCCCCOP(C)(C)=O)CCN(CC(C)=O)CCC(CC2(O)C=C2)CC1. The second-order valence-corrected chi connectivity index (χ2v) is 15.3. The number of Topliss-reactive ketones (excluding diaryl/α,β-unsaturated/α-hetero) is 2. The van der Waals surface area contributed by atoms with Crippen LogP contribution >= 0.6 is 7.37 Å². The zero-order valence-electron chi connectivity index (χ0n) is 25.0. The average molecular weight is 571 g/mol. The van der Waals surface area contributed by atoms with E-state index in [-0.39, 0.29) is 17.7 Å². The molecule has 0 saturated carbocycles. The third-order valence-corrected chi connectivity index (χ3v) is 8.70. The van der Waals surface area contributed by atoms with Gasteiger partial charge in [0.15, 0.2) is 7.37 Å². The minimum atomic E-state index is -2.43. The Morgan fingerprint density at radius 3 is 2.03 bits per heavy atom. The predicted octanol–water partition coefficient (Wildman–Crippen LogP) is 4.52. The number of aliphatic hydroxyl groups is 2. The number of nitrogens with zero attached hydrogens (tertiary/aromatic N) is 2. The predicted molar refractivity (Wildman–Crippen MR) is 158 cm³/mol. The van der Waals surface area contributed by atoms with Gasteiger partial charge in [-0.25, -0.2) is 0 Å². The zero-order valence-corrected chi connectivity index (χ0v) is 25.9. The van der Waals surface area contributed by atoms with E-state index in [1.165, 1.54) is 0 Å². The fourth-order valence-corrected chi connectivity index (χ4v) is 6.31. The van der Waals surface area contributed by atoms with Gasteiger partial charge in [-0.2, -0.15) is 0 Å². The molecule has 0 aromatic heterocycles. The largest absolute Gasteiger partial charge is 0.393 e. The molecule has 1 fully saturated rings. The van der Waals surface area contributed by atoms with Gasteiger partial charge in [0, 0.05) is 13.3 Å². The fourth-order valence-electron chi connectivity index (χ4n) is 5.74. The fraction of sp³-hybridized carbons (Fsp3) is 0.867. The molecule has 0 radical (unpaired) electrons. The summed E-state index contributed by atoms with van der Waals surface area (Å²) in [7, 11) is -2.43. The third kappa shape index (κ3) is 16.8. The highest BCUT2D eigenvalue weighted by Gasteiger charge is 2.34. The summed E-state index contributed by atoms with van der Waals surface area (Å²) < 4.78 is 17.0. The molecule has 1 aliphatic carbocycles. The molecule has 2 aliphatic rings. The van der Waals surface area contributed by atoms with Crippen LogP contribution in [-0.4, -0.2) is 102 Å². The van der Waals surface area contributed by atoms with Crippen molar-refractivity contribution in [2.75, 3.05) is 59.2 Å². The van der Waals surface area contributed by atoms with Crippen LogP contribution in [0.25, 0.3) is 0 Å². The third-order valence-electron chi connectivity index (χ3n) is 7.90. The maximum absolute atomic E-state index is 12.0. The highest BCUT2D eigenvalue weighted by molar-refractivity contribution is 7.57. The second-order valence-electron chi connectivity index (χ2n) is 12.5. The summed E-state index contributed by atoms with van der Waals surface area (Å²) in [6.45, 7) is 11.3. The summed E-state index contributed by atoms with van der Waals surface area (Å²) in [6.07, 6.45) is 13.0. The van der Waals surface area contributed by atoms with Gasteiger partial charge in [0.2, 0.25) is 0 Å². The van der Waals surface area contributed by atoms with Crippen molar-refractivity contribution in [2.45, 2.75) is 96.2 Å². The molecule has 2 unspecified atom stereocenters. The van der Waals surface area contributed by atoms with Crippen LogP contribution in [0.15, 0.2) is 12.2 Å². The van der Waals surface area contributed by atoms with Crippen molar-refractivity contribution in [1.29, 1.82) is 0 Å². The van der Waals surface area contributed by atoms with E-state index >= 15 is 0 Å². The Bertz CT molecular complexity index is 822. The number of carbonyl (C=O) groups is 2. The van der Waals surface area contributed by atoms with Crippen molar-refractivity contribution in [1.82, 2.24) is 9.80 Å². The average Bonchev–Trinajstić information content (AvgIpc) is 3.55. The van der Waals surface area contributed by atoms with Crippen LogP contribution in [0, 0.1) is 11.8 Å². The van der Waals surface area contributed by atoms with E-state index in [1.807, 2.05) is 12.2 Å². The van der Waals surface area contributed by atoms with Gasteiger partial charge in [-0.15, -0.1) is 0 Å². The molecule has 2 N–H and O–H groups in total. The van der Waals surface area contributed by atoms with E-state index in [1.54, 1.807) is 27.2 Å². The summed E-state index contributed by atoms with van der Waals surface area (Å²) >= 11 is 0. The summed E-state index contributed by atoms with van der Waals surface area (Å²) in [5.41, 5.74) is -0.752. The minimum absolute atomic E-state index is 0.161. The molecule has 8 nitrogen and oxygen atoms in total. The first-order valence-electron chi connectivity index (χ1n) is 15.1. The zero-order chi connectivity index (χ0) is 28.9. The molecule has 0 amide bonds. The Morgan fingerprint density at radius 2 is 1.49 bits per heavy atom.